The van der Waals surface area contributed by atoms with Gasteiger partial charge in [0.05, 0.1) is 12.8 Å². The van der Waals surface area contributed by atoms with Gasteiger partial charge in [0, 0.05) is 13.6 Å². The van der Waals surface area contributed by atoms with E-state index in [0.717, 1.165) is 24.4 Å². The molecule has 102 valence electrons. The van der Waals surface area contributed by atoms with E-state index in [1.54, 1.807) is 7.11 Å². The highest BCUT2D eigenvalue weighted by Crippen LogP contribution is 2.29. The molecule has 2 N–H and O–H groups in total. The molecule has 0 atom stereocenters. The Bertz CT molecular complexity index is 388. The van der Waals surface area contributed by atoms with Crippen LogP contribution in [0.1, 0.15) is 25.8 Å². The number of hydrogen-bond donors (Lipinski definition) is 1. The number of benzene rings is 1. The lowest BCUT2D eigenvalue weighted by Gasteiger charge is -2.28. The molecule has 0 radical (unpaired) electrons. The summed E-state index contributed by atoms with van der Waals surface area (Å²) in [6.07, 6.45) is 1.07. The van der Waals surface area contributed by atoms with Crippen molar-refractivity contribution in [3.63, 3.8) is 0 Å². The average molecular weight is 250 g/mol. The van der Waals surface area contributed by atoms with Crippen molar-refractivity contribution >= 4 is 5.69 Å². The summed E-state index contributed by atoms with van der Waals surface area (Å²) in [5.74, 6) is 0.925. The molecule has 0 aliphatic heterocycles. The first-order valence-electron chi connectivity index (χ1n) is 6.45. The number of rotatable bonds is 6. The largest absolute Gasteiger partial charge is 0.495 e. The predicted octanol–water partition coefficient (Wildman–Crippen LogP) is 2.81. The molecule has 1 aromatic carbocycles. The molecule has 3 heteroatoms. The standard InChI is InChI=1S/C15H26N2O/c1-12-6-7-14(18-5)13(10-12)17(4)9-8-15(2,3)11-16/h6-7,10H,8-9,11,16H2,1-5H3. The van der Waals surface area contributed by atoms with E-state index in [1.165, 1.54) is 5.56 Å². The molecule has 0 spiro atoms. The maximum atomic E-state index is 5.77. The molecule has 0 aliphatic rings. The minimum absolute atomic E-state index is 0.186. The van der Waals surface area contributed by atoms with E-state index < -0.39 is 0 Å². The van der Waals surface area contributed by atoms with Crippen LogP contribution < -0.4 is 15.4 Å². The Morgan fingerprint density at radius 2 is 2.00 bits per heavy atom. The molecule has 0 unspecified atom stereocenters. The number of nitrogens with zero attached hydrogens (tertiary/aromatic N) is 1. The third kappa shape index (κ3) is 3.91. The van der Waals surface area contributed by atoms with Gasteiger partial charge in [-0.1, -0.05) is 19.9 Å². The molecule has 1 rings (SSSR count). The molecule has 0 aliphatic carbocycles. The molecule has 0 heterocycles. The molecule has 0 saturated carbocycles. The van der Waals surface area contributed by atoms with Gasteiger partial charge in [-0.2, -0.15) is 0 Å². The summed E-state index contributed by atoms with van der Waals surface area (Å²) in [5, 5.41) is 0. The topological polar surface area (TPSA) is 38.5 Å². The summed E-state index contributed by atoms with van der Waals surface area (Å²) >= 11 is 0. The molecule has 0 amide bonds. The maximum Gasteiger partial charge on any atom is 0.142 e. The Hall–Kier alpha value is -1.22. The lowest BCUT2D eigenvalue weighted by molar-refractivity contribution is 0.350. The van der Waals surface area contributed by atoms with Gasteiger partial charge in [0.1, 0.15) is 5.75 Å². The summed E-state index contributed by atoms with van der Waals surface area (Å²) in [6.45, 7) is 8.19. The summed E-state index contributed by atoms with van der Waals surface area (Å²) in [5.41, 5.74) is 8.34. The van der Waals surface area contributed by atoms with Gasteiger partial charge < -0.3 is 15.4 Å². The molecule has 0 bridgehead atoms. The quantitative estimate of drug-likeness (QED) is 0.843. The van der Waals surface area contributed by atoms with Gasteiger partial charge in [-0.05, 0) is 43.0 Å². The normalized spacial score (nSPS) is 11.4. The Morgan fingerprint density at radius 1 is 1.33 bits per heavy atom. The van der Waals surface area contributed by atoms with Crippen molar-refractivity contribution in [1.29, 1.82) is 0 Å². The number of ether oxygens (including phenoxy) is 1. The van der Waals surface area contributed by atoms with E-state index in [1.807, 2.05) is 6.07 Å². The molecule has 0 saturated heterocycles. The molecule has 3 nitrogen and oxygen atoms in total. The van der Waals surface area contributed by atoms with Crippen LogP contribution in [0.5, 0.6) is 5.75 Å². The van der Waals surface area contributed by atoms with E-state index in [0.29, 0.717) is 6.54 Å². The van der Waals surface area contributed by atoms with Gasteiger partial charge in [0.15, 0.2) is 0 Å². The molecule has 1 aromatic rings. The third-order valence-corrected chi connectivity index (χ3v) is 3.42. The summed E-state index contributed by atoms with van der Waals surface area (Å²) in [4.78, 5) is 2.24. The van der Waals surface area contributed by atoms with Crippen molar-refractivity contribution < 1.29 is 4.74 Å². The zero-order valence-corrected chi connectivity index (χ0v) is 12.3. The molecular weight excluding hydrogens is 224 g/mol. The van der Waals surface area contributed by atoms with Crippen LogP contribution in [0.4, 0.5) is 5.69 Å². The van der Waals surface area contributed by atoms with Crippen molar-refractivity contribution in [3.8, 4) is 5.75 Å². The lowest BCUT2D eigenvalue weighted by atomic mass is 9.89. The first-order chi connectivity index (χ1) is 8.39. The van der Waals surface area contributed by atoms with Crippen molar-refractivity contribution in [2.75, 3.05) is 32.1 Å². The smallest absolute Gasteiger partial charge is 0.142 e. The predicted molar refractivity (Wildman–Crippen MR) is 78.5 cm³/mol. The SMILES string of the molecule is COc1ccc(C)cc1N(C)CCC(C)(C)CN. The third-order valence-electron chi connectivity index (χ3n) is 3.42. The molecular formula is C15H26N2O. The van der Waals surface area contributed by atoms with E-state index in [2.05, 4.69) is 44.9 Å². The second-order valence-electron chi connectivity index (χ2n) is 5.72. The van der Waals surface area contributed by atoms with E-state index in [-0.39, 0.29) is 5.41 Å². The lowest BCUT2D eigenvalue weighted by Crippen LogP contribution is -2.30. The highest BCUT2D eigenvalue weighted by Gasteiger charge is 2.17. The van der Waals surface area contributed by atoms with Crippen LogP contribution in [0.2, 0.25) is 0 Å². The number of nitrogens with two attached hydrogens (primary N) is 1. The Kier molecular flexibility index (Phi) is 5.03. The maximum absolute atomic E-state index is 5.77. The minimum atomic E-state index is 0.186. The fourth-order valence-corrected chi connectivity index (χ4v) is 1.79. The van der Waals surface area contributed by atoms with Crippen molar-refractivity contribution in [2.45, 2.75) is 27.2 Å². The Balaban J connectivity index is 2.77. The van der Waals surface area contributed by atoms with Crippen molar-refractivity contribution in [2.24, 2.45) is 11.1 Å². The minimum Gasteiger partial charge on any atom is -0.495 e. The van der Waals surface area contributed by atoms with Crippen molar-refractivity contribution in [1.82, 2.24) is 0 Å². The first-order valence-corrected chi connectivity index (χ1v) is 6.45. The zero-order chi connectivity index (χ0) is 13.8. The molecule has 18 heavy (non-hydrogen) atoms. The molecule has 0 fully saturated rings. The number of hydrogen-bond acceptors (Lipinski definition) is 3. The van der Waals surface area contributed by atoms with Gasteiger partial charge >= 0.3 is 0 Å². The Labute approximate surface area is 111 Å². The van der Waals surface area contributed by atoms with Crippen LogP contribution in [0.25, 0.3) is 0 Å². The van der Waals surface area contributed by atoms with Crippen molar-refractivity contribution in [3.05, 3.63) is 23.8 Å². The van der Waals surface area contributed by atoms with Gasteiger partial charge in [-0.15, -0.1) is 0 Å². The highest BCUT2D eigenvalue weighted by molar-refractivity contribution is 5.59. The van der Waals surface area contributed by atoms with Gasteiger partial charge in [-0.3, -0.25) is 0 Å². The van der Waals surface area contributed by atoms with Gasteiger partial charge in [-0.25, -0.2) is 0 Å². The van der Waals surface area contributed by atoms with Crippen LogP contribution in [-0.4, -0.2) is 27.2 Å². The first kappa shape index (κ1) is 14.8. The number of anilines is 1. The van der Waals surface area contributed by atoms with E-state index >= 15 is 0 Å². The fourth-order valence-electron chi connectivity index (χ4n) is 1.79. The van der Waals surface area contributed by atoms with E-state index in [9.17, 15) is 0 Å². The Morgan fingerprint density at radius 3 is 2.56 bits per heavy atom. The summed E-state index contributed by atoms with van der Waals surface area (Å²) in [6, 6.07) is 6.25. The van der Waals surface area contributed by atoms with Crippen LogP contribution >= 0.6 is 0 Å². The summed E-state index contributed by atoms with van der Waals surface area (Å²) < 4.78 is 5.41. The van der Waals surface area contributed by atoms with Crippen LogP contribution in [0.3, 0.4) is 0 Å². The number of methoxy groups -OCH3 is 1. The highest BCUT2D eigenvalue weighted by atomic mass is 16.5. The van der Waals surface area contributed by atoms with E-state index in [4.69, 9.17) is 10.5 Å². The summed E-state index contributed by atoms with van der Waals surface area (Å²) in [7, 11) is 3.82. The monoisotopic (exact) mass is 250 g/mol. The van der Waals surface area contributed by atoms with Crippen LogP contribution in [0.15, 0.2) is 18.2 Å². The zero-order valence-electron chi connectivity index (χ0n) is 12.3. The number of aryl methyl sites for hydroxylation is 1. The van der Waals surface area contributed by atoms with Crippen LogP contribution in [0, 0.1) is 12.3 Å². The average Bonchev–Trinajstić information content (AvgIpc) is 2.36. The van der Waals surface area contributed by atoms with Gasteiger partial charge in [0.25, 0.3) is 0 Å². The second-order valence-corrected chi connectivity index (χ2v) is 5.72. The van der Waals surface area contributed by atoms with Crippen LogP contribution in [-0.2, 0) is 0 Å². The second kappa shape index (κ2) is 6.10. The molecule has 0 aromatic heterocycles. The van der Waals surface area contributed by atoms with Gasteiger partial charge in [0.2, 0.25) is 0 Å². The fraction of sp³-hybridized carbons (Fsp3) is 0.600.